The van der Waals surface area contributed by atoms with Gasteiger partial charge in [-0.3, -0.25) is 14.2 Å². The molecule has 7 heteroatoms. The average molecular weight is 327 g/mol. The lowest BCUT2D eigenvalue weighted by Gasteiger charge is -2.10. The molecule has 0 atom stereocenters. The maximum atomic E-state index is 12.4. The van der Waals surface area contributed by atoms with E-state index in [1.165, 1.54) is 0 Å². The van der Waals surface area contributed by atoms with Gasteiger partial charge in [0.05, 0.1) is 19.0 Å². The van der Waals surface area contributed by atoms with Gasteiger partial charge in [0.1, 0.15) is 23.3 Å². The second-order valence-electron chi connectivity index (χ2n) is 5.67. The van der Waals surface area contributed by atoms with Crippen LogP contribution in [0.5, 0.6) is 5.75 Å². The predicted molar refractivity (Wildman–Crippen MR) is 92.3 cm³/mol. The molecule has 0 fully saturated rings. The molecule has 0 unspecified atom stereocenters. The molecule has 2 heterocycles. The Bertz CT molecular complexity index is 894. The fourth-order valence-corrected chi connectivity index (χ4v) is 2.81. The van der Waals surface area contributed by atoms with Crippen molar-refractivity contribution in [3.8, 4) is 5.75 Å². The first kappa shape index (κ1) is 16.0. The number of nitrogens with one attached hydrogen (secondary N) is 1. The quantitative estimate of drug-likeness (QED) is 0.781. The molecule has 3 rings (SSSR count). The summed E-state index contributed by atoms with van der Waals surface area (Å²) in [4.78, 5) is 12.4. The number of aryl methyl sites for hydroxylation is 3. The van der Waals surface area contributed by atoms with Crippen molar-refractivity contribution in [1.82, 2.24) is 19.6 Å². The number of nitrogens with zero attached hydrogens (tertiary/aromatic N) is 4. The van der Waals surface area contributed by atoms with Crippen molar-refractivity contribution in [1.29, 1.82) is 0 Å². The number of carbonyl (C=O) groups is 1. The normalized spacial score (nSPS) is 11.0. The highest BCUT2D eigenvalue weighted by atomic mass is 16.5. The lowest BCUT2D eigenvalue weighted by molar-refractivity contribution is -0.116. The number of anilines is 1. The minimum Gasteiger partial charge on any atom is -0.497 e. The van der Waals surface area contributed by atoms with Gasteiger partial charge in [-0.15, -0.1) is 0 Å². The molecule has 7 nitrogen and oxygen atoms in total. The standard InChI is InChI=1S/C17H21N5O2/c1-5-21-15-9-18-22(17(15)12(3)20-21)10-16(23)19-14-7-6-13(24-4)8-11(14)2/h6-9H,5,10H2,1-4H3,(H,19,23). The molecule has 0 spiro atoms. The van der Waals surface area contributed by atoms with E-state index in [-0.39, 0.29) is 12.5 Å². The third kappa shape index (κ3) is 2.84. The van der Waals surface area contributed by atoms with Crippen LogP contribution in [0, 0.1) is 13.8 Å². The highest BCUT2D eigenvalue weighted by Gasteiger charge is 2.15. The van der Waals surface area contributed by atoms with Gasteiger partial charge in [-0.05, 0) is 44.5 Å². The zero-order valence-electron chi connectivity index (χ0n) is 14.3. The van der Waals surface area contributed by atoms with E-state index >= 15 is 0 Å². The zero-order chi connectivity index (χ0) is 17.3. The number of carbonyl (C=O) groups excluding carboxylic acids is 1. The van der Waals surface area contributed by atoms with Crippen LogP contribution in [0.15, 0.2) is 24.4 Å². The van der Waals surface area contributed by atoms with Gasteiger partial charge in [-0.25, -0.2) is 0 Å². The van der Waals surface area contributed by atoms with E-state index in [4.69, 9.17) is 4.74 Å². The summed E-state index contributed by atoms with van der Waals surface area (Å²) in [5, 5.41) is 11.7. The minimum absolute atomic E-state index is 0.128. The maximum absolute atomic E-state index is 12.4. The van der Waals surface area contributed by atoms with Crippen LogP contribution < -0.4 is 10.1 Å². The van der Waals surface area contributed by atoms with E-state index in [2.05, 4.69) is 15.5 Å². The average Bonchev–Trinajstić information content (AvgIpc) is 3.11. The molecule has 2 aromatic heterocycles. The van der Waals surface area contributed by atoms with Gasteiger partial charge in [0.25, 0.3) is 0 Å². The van der Waals surface area contributed by atoms with Crippen LogP contribution in [0.4, 0.5) is 5.69 Å². The van der Waals surface area contributed by atoms with Crippen LogP contribution in [-0.2, 0) is 17.9 Å². The number of amides is 1. The summed E-state index contributed by atoms with van der Waals surface area (Å²) in [6.07, 6.45) is 1.75. The smallest absolute Gasteiger partial charge is 0.246 e. The Morgan fingerprint density at radius 1 is 1.29 bits per heavy atom. The number of rotatable bonds is 5. The first-order chi connectivity index (χ1) is 11.5. The number of methoxy groups -OCH3 is 1. The van der Waals surface area contributed by atoms with Crippen LogP contribution in [-0.4, -0.2) is 32.6 Å². The molecule has 1 aromatic carbocycles. The van der Waals surface area contributed by atoms with Gasteiger partial charge in [0, 0.05) is 12.2 Å². The van der Waals surface area contributed by atoms with Crippen molar-refractivity contribution < 1.29 is 9.53 Å². The Kier molecular flexibility index (Phi) is 4.24. The molecule has 24 heavy (non-hydrogen) atoms. The summed E-state index contributed by atoms with van der Waals surface area (Å²) in [7, 11) is 1.62. The Morgan fingerprint density at radius 3 is 2.75 bits per heavy atom. The van der Waals surface area contributed by atoms with Gasteiger partial charge >= 0.3 is 0 Å². The molecule has 0 radical (unpaired) electrons. The molecule has 0 aliphatic carbocycles. The number of hydrogen-bond donors (Lipinski definition) is 1. The summed E-state index contributed by atoms with van der Waals surface area (Å²) >= 11 is 0. The van der Waals surface area contributed by atoms with E-state index in [0.717, 1.165) is 40.3 Å². The molecule has 1 N–H and O–H groups in total. The first-order valence-corrected chi connectivity index (χ1v) is 7.87. The van der Waals surface area contributed by atoms with E-state index in [0.29, 0.717) is 0 Å². The number of benzene rings is 1. The van der Waals surface area contributed by atoms with E-state index in [1.54, 1.807) is 18.0 Å². The topological polar surface area (TPSA) is 74.0 Å². The largest absolute Gasteiger partial charge is 0.497 e. The van der Waals surface area contributed by atoms with Gasteiger partial charge in [-0.1, -0.05) is 0 Å². The summed E-state index contributed by atoms with van der Waals surface area (Å²) in [5.41, 5.74) is 4.44. The van der Waals surface area contributed by atoms with Crippen LogP contribution in [0.1, 0.15) is 18.2 Å². The molecular formula is C17H21N5O2. The summed E-state index contributed by atoms with van der Waals surface area (Å²) < 4.78 is 8.76. The van der Waals surface area contributed by atoms with Crippen molar-refractivity contribution in [3.63, 3.8) is 0 Å². The third-order valence-corrected chi connectivity index (χ3v) is 4.01. The molecule has 126 valence electrons. The lowest BCUT2D eigenvalue weighted by atomic mass is 10.2. The number of aromatic nitrogens is 4. The molecule has 0 aliphatic rings. The molecule has 0 bridgehead atoms. The molecule has 0 aliphatic heterocycles. The minimum atomic E-state index is -0.128. The van der Waals surface area contributed by atoms with E-state index in [9.17, 15) is 4.79 Å². The maximum Gasteiger partial charge on any atom is 0.246 e. The SMILES string of the molecule is CCn1nc(C)c2c1cnn2CC(=O)Nc1ccc(OC)cc1C. The number of fused-ring (bicyclic) bond motifs is 1. The van der Waals surface area contributed by atoms with Crippen LogP contribution in [0.25, 0.3) is 11.0 Å². The fraction of sp³-hybridized carbons (Fsp3) is 0.353. The summed E-state index contributed by atoms with van der Waals surface area (Å²) in [5.74, 6) is 0.638. The second-order valence-corrected chi connectivity index (χ2v) is 5.67. The number of hydrogen-bond acceptors (Lipinski definition) is 4. The molecule has 3 aromatic rings. The van der Waals surface area contributed by atoms with Crippen molar-refractivity contribution in [2.24, 2.45) is 0 Å². The Balaban J connectivity index is 1.79. The van der Waals surface area contributed by atoms with Crippen LogP contribution in [0.2, 0.25) is 0 Å². The summed E-state index contributed by atoms with van der Waals surface area (Å²) in [6.45, 7) is 6.80. The predicted octanol–water partition coefficient (Wildman–Crippen LogP) is 2.52. The van der Waals surface area contributed by atoms with Crippen molar-refractivity contribution >= 4 is 22.6 Å². The van der Waals surface area contributed by atoms with Gasteiger partial charge < -0.3 is 10.1 Å². The van der Waals surface area contributed by atoms with Crippen molar-refractivity contribution in [2.45, 2.75) is 33.9 Å². The zero-order valence-corrected chi connectivity index (χ0v) is 14.3. The second kappa shape index (κ2) is 6.35. The Hall–Kier alpha value is -2.83. The van der Waals surface area contributed by atoms with E-state index < -0.39 is 0 Å². The van der Waals surface area contributed by atoms with Crippen LogP contribution >= 0.6 is 0 Å². The Labute approximate surface area is 140 Å². The van der Waals surface area contributed by atoms with Crippen LogP contribution in [0.3, 0.4) is 0 Å². The van der Waals surface area contributed by atoms with Crippen molar-refractivity contribution in [2.75, 3.05) is 12.4 Å². The van der Waals surface area contributed by atoms with Gasteiger partial charge in [0.15, 0.2) is 0 Å². The van der Waals surface area contributed by atoms with Crippen molar-refractivity contribution in [3.05, 3.63) is 35.7 Å². The highest BCUT2D eigenvalue weighted by molar-refractivity contribution is 5.92. The first-order valence-electron chi connectivity index (χ1n) is 7.87. The lowest BCUT2D eigenvalue weighted by Crippen LogP contribution is -2.20. The fourth-order valence-electron chi connectivity index (χ4n) is 2.81. The van der Waals surface area contributed by atoms with E-state index in [1.807, 2.05) is 43.7 Å². The molecule has 1 amide bonds. The highest BCUT2D eigenvalue weighted by Crippen LogP contribution is 2.21. The summed E-state index contributed by atoms with van der Waals surface area (Å²) in [6, 6.07) is 5.55. The molecule has 0 saturated heterocycles. The molecular weight excluding hydrogens is 306 g/mol. The number of ether oxygens (including phenoxy) is 1. The third-order valence-electron chi connectivity index (χ3n) is 4.01. The monoisotopic (exact) mass is 327 g/mol. The molecule has 0 saturated carbocycles. The van der Waals surface area contributed by atoms with Gasteiger partial charge in [0.2, 0.25) is 5.91 Å². The Morgan fingerprint density at radius 2 is 2.08 bits per heavy atom. The van der Waals surface area contributed by atoms with Gasteiger partial charge in [-0.2, -0.15) is 10.2 Å².